The summed E-state index contributed by atoms with van der Waals surface area (Å²) >= 11 is 7.09. The van der Waals surface area contributed by atoms with E-state index in [1.54, 1.807) is 46.8 Å². The normalized spacial score (nSPS) is 15.6. The number of aromatic nitrogens is 1. The Morgan fingerprint density at radius 2 is 1.79 bits per heavy atom. The van der Waals surface area contributed by atoms with Gasteiger partial charge in [0.1, 0.15) is 0 Å². The first-order valence-electron chi connectivity index (χ1n) is 8.91. The molecule has 9 heteroatoms. The molecule has 1 N–H and O–H groups in total. The molecule has 146 valence electrons. The lowest BCUT2D eigenvalue weighted by Crippen LogP contribution is -2.35. The third kappa shape index (κ3) is 3.91. The molecular weight excluding hydrogens is 418 g/mol. The van der Waals surface area contributed by atoms with Crippen LogP contribution in [0.15, 0.2) is 47.4 Å². The first-order valence-corrected chi connectivity index (χ1v) is 11.5. The Hall–Kier alpha value is -2.00. The average molecular weight is 436 g/mol. The fourth-order valence-corrected chi connectivity index (χ4v) is 5.79. The molecule has 0 spiro atoms. The topological polar surface area (TPSA) is 79.4 Å². The number of hydrogen-bond donors (Lipinski definition) is 1. The van der Waals surface area contributed by atoms with Crippen molar-refractivity contribution < 1.29 is 13.2 Å². The Balaban J connectivity index is 1.58. The third-order valence-corrected chi connectivity index (χ3v) is 7.72. The number of piperidine rings is 1. The van der Waals surface area contributed by atoms with E-state index in [-0.39, 0.29) is 10.8 Å². The Bertz CT molecular complexity index is 1120. The van der Waals surface area contributed by atoms with Crippen molar-refractivity contribution in [1.29, 1.82) is 0 Å². The van der Waals surface area contributed by atoms with Crippen molar-refractivity contribution in [2.45, 2.75) is 24.2 Å². The smallest absolute Gasteiger partial charge is 0.257 e. The minimum Gasteiger partial charge on any atom is -0.298 e. The van der Waals surface area contributed by atoms with Gasteiger partial charge in [-0.25, -0.2) is 13.4 Å². The van der Waals surface area contributed by atoms with Crippen LogP contribution in [0.25, 0.3) is 10.2 Å². The Kier molecular flexibility index (Phi) is 5.37. The second-order valence-corrected chi connectivity index (χ2v) is 9.98. The maximum atomic E-state index is 12.9. The number of nitrogens with one attached hydrogen (secondary N) is 1. The van der Waals surface area contributed by atoms with E-state index in [2.05, 4.69) is 10.3 Å². The van der Waals surface area contributed by atoms with Gasteiger partial charge in [0.2, 0.25) is 10.0 Å². The van der Waals surface area contributed by atoms with E-state index in [0.717, 1.165) is 19.3 Å². The summed E-state index contributed by atoms with van der Waals surface area (Å²) in [4.78, 5) is 17.0. The lowest BCUT2D eigenvalue weighted by molar-refractivity contribution is 0.102. The SMILES string of the molecule is O=C(Nc1nc2ccc(S(=O)(=O)N3CCCCC3)cc2s1)c1ccc(Cl)cc1. The summed E-state index contributed by atoms with van der Waals surface area (Å²) in [6, 6.07) is 11.5. The van der Waals surface area contributed by atoms with Gasteiger partial charge in [0, 0.05) is 23.7 Å². The van der Waals surface area contributed by atoms with Crippen LogP contribution in [0.4, 0.5) is 5.13 Å². The van der Waals surface area contributed by atoms with Crippen molar-refractivity contribution in [2.24, 2.45) is 0 Å². The lowest BCUT2D eigenvalue weighted by Gasteiger charge is -2.25. The molecule has 0 radical (unpaired) electrons. The number of carbonyl (C=O) groups excluding carboxylic acids is 1. The summed E-state index contributed by atoms with van der Waals surface area (Å²) in [6.07, 6.45) is 2.85. The highest BCUT2D eigenvalue weighted by Gasteiger charge is 2.26. The van der Waals surface area contributed by atoms with Crippen LogP contribution in [0.2, 0.25) is 5.02 Å². The van der Waals surface area contributed by atoms with E-state index in [1.165, 1.54) is 11.3 Å². The largest absolute Gasteiger partial charge is 0.298 e. The minimum absolute atomic E-state index is 0.265. The van der Waals surface area contributed by atoms with Gasteiger partial charge >= 0.3 is 0 Å². The number of halogens is 1. The van der Waals surface area contributed by atoms with Gasteiger partial charge in [0.05, 0.1) is 15.1 Å². The van der Waals surface area contributed by atoms with E-state index in [0.29, 0.717) is 39.0 Å². The van der Waals surface area contributed by atoms with Crippen LogP contribution in [-0.4, -0.2) is 36.7 Å². The third-order valence-electron chi connectivity index (χ3n) is 4.64. The Morgan fingerprint density at radius 1 is 1.07 bits per heavy atom. The van der Waals surface area contributed by atoms with E-state index in [4.69, 9.17) is 11.6 Å². The highest BCUT2D eigenvalue weighted by Crippen LogP contribution is 2.30. The lowest BCUT2D eigenvalue weighted by atomic mass is 10.2. The zero-order valence-electron chi connectivity index (χ0n) is 14.9. The summed E-state index contributed by atoms with van der Waals surface area (Å²) < 4.78 is 28.0. The molecule has 4 rings (SSSR count). The summed E-state index contributed by atoms with van der Waals surface area (Å²) in [5.74, 6) is -0.295. The van der Waals surface area contributed by atoms with Gasteiger partial charge < -0.3 is 0 Å². The summed E-state index contributed by atoms with van der Waals surface area (Å²) in [6.45, 7) is 1.12. The van der Waals surface area contributed by atoms with E-state index < -0.39 is 10.0 Å². The molecule has 2 heterocycles. The number of hydrogen-bond acceptors (Lipinski definition) is 5. The molecule has 1 aromatic heterocycles. The summed E-state index contributed by atoms with van der Waals surface area (Å²) in [5.41, 5.74) is 1.12. The van der Waals surface area contributed by atoms with Gasteiger partial charge in [0.25, 0.3) is 5.91 Å². The maximum Gasteiger partial charge on any atom is 0.257 e. The van der Waals surface area contributed by atoms with Gasteiger partial charge in [-0.15, -0.1) is 0 Å². The van der Waals surface area contributed by atoms with Crippen molar-refractivity contribution in [3.8, 4) is 0 Å². The number of fused-ring (bicyclic) bond motifs is 1. The maximum absolute atomic E-state index is 12.9. The van der Waals surface area contributed by atoms with Crippen molar-refractivity contribution in [2.75, 3.05) is 18.4 Å². The highest BCUT2D eigenvalue weighted by molar-refractivity contribution is 7.89. The quantitative estimate of drug-likeness (QED) is 0.659. The molecule has 1 amide bonds. The van der Waals surface area contributed by atoms with Gasteiger partial charge in [-0.1, -0.05) is 29.4 Å². The number of benzene rings is 2. The molecule has 1 fully saturated rings. The predicted molar refractivity (Wildman–Crippen MR) is 112 cm³/mol. The van der Waals surface area contributed by atoms with Crippen molar-refractivity contribution >= 4 is 54.2 Å². The molecule has 0 aliphatic carbocycles. The number of nitrogens with zero attached hydrogens (tertiary/aromatic N) is 2. The summed E-state index contributed by atoms with van der Waals surface area (Å²) in [5, 5.41) is 3.73. The van der Waals surface area contributed by atoms with Gasteiger partial charge in [-0.05, 0) is 55.3 Å². The summed E-state index contributed by atoms with van der Waals surface area (Å²) in [7, 11) is -3.50. The van der Waals surface area contributed by atoms with Gasteiger partial charge in [-0.2, -0.15) is 4.31 Å². The Labute approximate surface area is 172 Å². The molecule has 0 atom stereocenters. The average Bonchev–Trinajstić information content (AvgIpc) is 3.10. The number of sulfonamides is 1. The van der Waals surface area contributed by atoms with Crippen molar-refractivity contribution in [1.82, 2.24) is 9.29 Å². The fraction of sp³-hybridized carbons (Fsp3) is 0.263. The van der Waals surface area contributed by atoms with E-state index >= 15 is 0 Å². The number of thiazole rings is 1. The Morgan fingerprint density at radius 3 is 2.50 bits per heavy atom. The molecule has 28 heavy (non-hydrogen) atoms. The van der Waals surface area contributed by atoms with Crippen LogP contribution >= 0.6 is 22.9 Å². The van der Waals surface area contributed by atoms with Crippen LogP contribution < -0.4 is 5.32 Å². The number of amides is 1. The van der Waals surface area contributed by atoms with E-state index in [1.807, 2.05) is 0 Å². The zero-order valence-corrected chi connectivity index (χ0v) is 17.3. The van der Waals surface area contributed by atoms with Crippen LogP contribution in [0.1, 0.15) is 29.6 Å². The second-order valence-electron chi connectivity index (χ2n) is 6.57. The van der Waals surface area contributed by atoms with E-state index in [9.17, 15) is 13.2 Å². The molecule has 1 aliphatic rings. The zero-order chi connectivity index (χ0) is 19.7. The van der Waals surface area contributed by atoms with Crippen LogP contribution in [-0.2, 0) is 10.0 Å². The second kappa shape index (κ2) is 7.79. The van der Waals surface area contributed by atoms with Crippen molar-refractivity contribution in [3.05, 3.63) is 53.1 Å². The van der Waals surface area contributed by atoms with Crippen molar-refractivity contribution in [3.63, 3.8) is 0 Å². The number of anilines is 1. The standard InChI is InChI=1S/C19H18ClN3O3S2/c20-14-6-4-13(5-7-14)18(24)22-19-21-16-9-8-15(12-17(16)27-19)28(25,26)23-10-2-1-3-11-23/h4-9,12H,1-3,10-11H2,(H,21,22,24). The molecule has 1 aliphatic heterocycles. The first-order chi connectivity index (χ1) is 13.4. The van der Waals surface area contributed by atoms with Crippen LogP contribution in [0.5, 0.6) is 0 Å². The first kappa shape index (κ1) is 19.3. The molecule has 0 unspecified atom stereocenters. The fourth-order valence-electron chi connectivity index (χ4n) is 3.14. The monoisotopic (exact) mass is 435 g/mol. The number of rotatable bonds is 4. The van der Waals surface area contributed by atoms with Crippen LogP contribution in [0, 0.1) is 0 Å². The molecule has 0 saturated carbocycles. The molecule has 2 aromatic carbocycles. The minimum atomic E-state index is -3.50. The molecule has 0 bridgehead atoms. The van der Waals surface area contributed by atoms with Crippen LogP contribution in [0.3, 0.4) is 0 Å². The molecular formula is C19H18ClN3O3S2. The molecule has 6 nitrogen and oxygen atoms in total. The predicted octanol–water partition coefficient (Wildman–Crippen LogP) is 4.38. The molecule has 3 aromatic rings. The van der Waals surface area contributed by atoms with Gasteiger partial charge in [0.15, 0.2) is 5.13 Å². The highest BCUT2D eigenvalue weighted by atomic mass is 35.5. The number of carbonyl (C=O) groups is 1. The van der Waals surface area contributed by atoms with Gasteiger partial charge in [-0.3, -0.25) is 10.1 Å². The molecule has 1 saturated heterocycles.